The predicted molar refractivity (Wildman–Crippen MR) is 161 cm³/mol. The molecule has 5 heteroatoms. The number of fused-ring (bicyclic) bond motifs is 2. The average Bonchev–Trinajstić information content (AvgIpc) is 3.41. The van der Waals surface area contributed by atoms with Crippen molar-refractivity contribution in [2.75, 3.05) is 14.2 Å². The quantitative estimate of drug-likeness (QED) is 0.285. The third-order valence-corrected chi connectivity index (χ3v) is 9.69. The molecular weight excluding hydrogens is 510 g/mol. The van der Waals surface area contributed by atoms with E-state index in [0.29, 0.717) is 18.4 Å². The number of benzene rings is 4. The van der Waals surface area contributed by atoms with Gasteiger partial charge < -0.3 is 9.47 Å². The minimum atomic E-state index is -1.20. The van der Waals surface area contributed by atoms with Crippen molar-refractivity contribution in [1.82, 2.24) is 5.32 Å². The first-order valence-corrected chi connectivity index (χ1v) is 14.3. The lowest BCUT2D eigenvalue weighted by Crippen LogP contribution is -2.59. The summed E-state index contributed by atoms with van der Waals surface area (Å²) in [5.41, 5.74) is 1.89. The van der Waals surface area contributed by atoms with Gasteiger partial charge in [0.05, 0.1) is 19.6 Å². The number of ketones is 2. The largest absolute Gasteiger partial charge is 0.496 e. The smallest absolute Gasteiger partial charge is 0.189 e. The van der Waals surface area contributed by atoms with Gasteiger partial charge in [-0.3, -0.25) is 14.9 Å². The van der Waals surface area contributed by atoms with Crippen molar-refractivity contribution in [2.45, 2.75) is 43.7 Å². The molecule has 7 rings (SSSR count). The predicted octanol–water partition coefficient (Wildman–Crippen LogP) is 6.85. The number of ether oxygens (including phenoxy) is 2. The van der Waals surface area contributed by atoms with Gasteiger partial charge in [0.2, 0.25) is 0 Å². The highest BCUT2D eigenvalue weighted by Gasteiger charge is 2.73. The first kappa shape index (κ1) is 25.7. The summed E-state index contributed by atoms with van der Waals surface area (Å²) in [4.78, 5) is 30.2. The Morgan fingerprint density at radius 2 is 1.54 bits per heavy atom. The van der Waals surface area contributed by atoms with Crippen molar-refractivity contribution in [2.24, 2.45) is 5.41 Å². The van der Waals surface area contributed by atoms with Gasteiger partial charge in [-0.05, 0) is 71.9 Å². The van der Waals surface area contributed by atoms with Crippen LogP contribution in [-0.2, 0) is 10.3 Å². The van der Waals surface area contributed by atoms with Crippen LogP contribution in [-0.4, -0.2) is 31.8 Å². The number of rotatable bonds is 4. The fourth-order valence-corrected chi connectivity index (χ4v) is 8.26. The number of hydrogen-bond donors (Lipinski definition) is 1. The number of carbonyl (C=O) groups is 2. The number of Topliss-reactive ketones (excluding diaryl/α,β-unsaturated/α-hetero) is 2. The third-order valence-electron chi connectivity index (χ3n) is 9.69. The Kier molecular flexibility index (Phi) is 5.91. The number of allylic oxidation sites excluding steroid dienone is 1. The van der Waals surface area contributed by atoms with E-state index >= 15 is 4.79 Å². The molecule has 3 aliphatic rings. The summed E-state index contributed by atoms with van der Waals surface area (Å²) in [5, 5.41) is 5.78. The highest BCUT2D eigenvalue weighted by molar-refractivity contribution is 6.24. The number of para-hydroxylation sites is 2. The molecule has 1 saturated heterocycles. The first-order valence-electron chi connectivity index (χ1n) is 14.3. The van der Waals surface area contributed by atoms with Crippen molar-refractivity contribution in [3.63, 3.8) is 0 Å². The standard InChI is InChI=1S/C36H33NO4/c1-22-32(26-15-5-7-19-30(26)41-3)35(20-10-14-25(33(35)38)21-24-11-4-6-18-29(24)40-2)36(37-22)28-17-9-13-23-12-8-16-27(31(23)28)34(36)39/h4-9,11-13,15-19,21-22,32,37H,10,14,20H2,1-3H3/b25-21+/t22?,32-,35+,36+/m1/s1. The van der Waals surface area contributed by atoms with Crippen molar-refractivity contribution in [3.05, 3.63) is 113 Å². The van der Waals surface area contributed by atoms with E-state index < -0.39 is 11.0 Å². The van der Waals surface area contributed by atoms with E-state index in [2.05, 4.69) is 18.3 Å². The molecule has 0 bridgehead atoms. The normalized spacial score (nSPS) is 27.8. The summed E-state index contributed by atoms with van der Waals surface area (Å²) in [6.07, 6.45) is 4.00. The van der Waals surface area contributed by atoms with Crippen molar-refractivity contribution in [3.8, 4) is 11.5 Å². The molecule has 41 heavy (non-hydrogen) atoms. The Morgan fingerprint density at radius 1 is 0.829 bits per heavy atom. The molecule has 0 amide bonds. The highest BCUT2D eigenvalue weighted by atomic mass is 16.5. The van der Waals surface area contributed by atoms with Crippen LogP contribution in [0.2, 0.25) is 0 Å². The van der Waals surface area contributed by atoms with E-state index in [9.17, 15) is 4.79 Å². The van der Waals surface area contributed by atoms with Gasteiger partial charge in [0.15, 0.2) is 11.6 Å². The molecule has 206 valence electrons. The molecule has 1 N–H and O–H groups in total. The molecule has 4 aromatic carbocycles. The third kappa shape index (κ3) is 3.33. The molecule has 2 spiro atoms. The van der Waals surface area contributed by atoms with Gasteiger partial charge in [-0.15, -0.1) is 0 Å². The van der Waals surface area contributed by atoms with E-state index in [1.165, 1.54) is 0 Å². The summed E-state index contributed by atoms with van der Waals surface area (Å²) >= 11 is 0. The lowest BCUT2D eigenvalue weighted by Gasteiger charge is -2.48. The summed E-state index contributed by atoms with van der Waals surface area (Å²) in [6.45, 7) is 2.11. The molecule has 4 atom stereocenters. The van der Waals surface area contributed by atoms with Gasteiger partial charge >= 0.3 is 0 Å². The van der Waals surface area contributed by atoms with Crippen LogP contribution < -0.4 is 14.8 Å². The Morgan fingerprint density at radius 3 is 2.32 bits per heavy atom. The van der Waals surface area contributed by atoms with Crippen LogP contribution >= 0.6 is 0 Å². The van der Waals surface area contributed by atoms with Gasteiger partial charge in [0, 0.05) is 23.1 Å². The highest BCUT2D eigenvalue weighted by Crippen LogP contribution is 2.66. The zero-order chi connectivity index (χ0) is 28.4. The number of nitrogens with one attached hydrogen (secondary N) is 1. The lowest BCUT2D eigenvalue weighted by molar-refractivity contribution is -0.130. The zero-order valence-corrected chi connectivity index (χ0v) is 23.6. The molecule has 2 fully saturated rings. The zero-order valence-electron chi connectivity index (χ0n) is 23.6. The van der Waals surface area contributed by atoms with Gasteiger partial charge in [-0.25, -0.2) is 0 Å². The Labute approximate surface area is 240 Å². The maximum Gasteiger partial charge on any atom is 0.189 e. The molecule has 2 aliphatic carbocycles. The number of carbonyl (C=O) groups excluding carboxylic acids is 2. The van der Waals surface area contributed by atoms with E-state index in [-0.39, 0.29) is 23.5 Å². The molecule has 1 heterocycles. The Bertz CT molecular complexity index is 1750. The minimum absolute atomic E-state index is 0.0135. The molecular formula is C36H33NO4. The maximum atomic E-state index is 15.3. The minimum Gasteiger partial charge on any atom is -0.496 e. The molecule has 0 aromatic heterocycles. The van der Waals surface area contributed by atoms with Crippen molar-refractivity contribution >= 4 is 28.4 Å². The monoisotopic (exact) mass is 543 g/mol. The number of methoxy groups -OCH3 is 2. The van der Waals surface area contributed by atoms with E-state index in [0.717, 1.165) is 51.0 Å². The Balaban J connectivity index is 1.53. The molecule has 0 radical (unpaired) electrons. The van der Waals surface area contributed by atoms with Crippen LogP contribution in [0.25, 0.3) is 16.8 Å². The molecule has 5 nitrogen and oxygen atoms in total. The summed E-state index contributed by atoms with van der Waals surface area (Å²) < 4.78 is 11.5. The maximum absolute atomic E-state index is 15.3. The fourth-order valence-electron chi connectivity index (χ4n) is 8.26. The van der Waals surface area contributed by atoms with Crippen LogP contribution in [0.4, 0.5) is 0 Å². The number of hydrogen-bond acceptors (Lipinski definition) is 5. The van der Waals surface area contributed by atoms with Gasteiger partial charge in [0.25, 0.3) is 0 Å². The second kappa shape index (κ2) is 9.42. The SMILES string of the molecule is COc1ccccc1/C=C1\CCC[C@@]2(C1=O)[C@@H](c1ccccc1OC)C(C)N[C@@]21C(=O)c2cccc3cccc1c23. The first-order chi connectivity index (χ1) is 20.0. The lowest BCUT2D eigenvalue weighted by atomic mass is 9.52. The van der Waals surface area contributed by atoms with Gasteiger partial charge in [-0.2, -0.15) is 0 Å². The van der Waals surface area contributed by atoms with Crippen LogP contribution in [0.5, 0.6) is 11.5 Å². The fraction of sp³-hybridized carbons (Fsp3) is 0.278. The molecule has 1 aliphatic heterocycles. The van der Waals surface area contributed by atoms with E-state index in [1.54, 1.807) is 14.2 Å². The van der Waals surface area contributed by atoms with Gasteiger partial charge in [0.1, 0.15) is 17.0 Å². The van der Waals surface area contributed by atoms with Crippen molar-refractivity contribution in [1.29, 1.82) is 0 Å². The summed E-state index contributed by atoms with van der Waals surface area (Å²) in [6, 6.07) is 27.6. The van der Waals surface area contributed by atoms with E-state index in [4.69, 9.17) is 9.47 Å². The second-order valence-corrected chi connectivity index (χ2v) is 11.5. The average molecular weight is 544 g/mol. The summed E-state index contributed by atoms with van der Waals surface area (Å²) in [5.74, 6) is 1.18. The molecule has 1 saturated carbocycles. The van der Waals surface area contributed by atoms with Crippen LogP contribution in [0.1, 0.15) is 59.2 Å². The molecule has 4 aromatic rings. The van der Waals surface area contributed by atoms with E-state index in [1.807, 2.05) is 84.9 Å². The topological polar surface area (TPSA) is 64.6 Å². The van der Waals surface area contributed by atoms with Crippen LogP contribution in [0.3, 0.4) is 0 Å². The Hall–Kier alpha value is -4.22. The van der Waals surface area contributed by atoms with Gasteiger partial charge in [-0.1, -0.05) is 72.8 Å². The second-order valence-electron chi connectivity index (χ2n) is 11.5. The van der Waals surface area contributed by atoms with Crippen LogP contribution in [0, 0.1) is 5.41 Å². The van der Waals surface area contributed by atoms with Crippen molar-refractivity contribution < 1.29 is 19.1 Å². The summed E-state index contributed by atoms with van der Waals surface area (Å²) in [7, 11) is 3.31. The van der Waals surface area contributed by atoms with Crippen LogP contribution in [0.15, 0.2) is 90.5 Å². The molecule has 1 unspecified atom stereocenters.